The first-order chi connectivity index (χ1) is 6.93. The van der Waals surface area contributed by atoms with Gasteiger partial charge in [0.25, 0.3) is 0 Å². The minimum absolute atomic E-state index is 0. The van der Waals surface area contributed by atoms with Gasteiger partial charge in [-0.15, -0.1) is 0 Å². The van der Waals surface area contributed by atoms with Crippen molar-refractivity contribution in [1.29, 1.82) is 0 Å². The Hall–Kier alpha value is -0.0557. The Kier molecular flexibility index (Phi) is 47.2. The molecule has 0 bridgehead atoms. The molecular weight excluding hydrogens is 228 g/mol. The molecule has 90 valence electrons. The van der Waals surface area contributed by atoms with E-state index < -0.39 is 0 Å². The van der Waals surface area contributed by atoms with E-state index in [1.807, 2.05) is 0 Å². The van der Waals surface area contributed by atoms with Gasteiger partial charge in [0.2, 0.25) is 0 Å². The van der Waals surface area contributed by atoms with Gasteiger partial charge in [0.1, 0.15) is 0 Å². The molecule has 0 aromatic heterocycles. The fraction of sp³-hybridized carbons (Fsp3) is 0.545. The van der Waals surface area contributed by atoms with Gasteiger partial charge in [0.15, 0.2) is 0 Å². The van der Waals surface area contributed by atoms with Crippen LogP contribution in [0.15, 0.2) is 24.3 Å². The molecule has 0 amide bonds. The maximum absolute atomic E-state index is 7.00. The smallest absolute Gasteiger partial charge is 0.0319 e. The van der Waals surface area contributed by atoms with Crippen molar-refractivity contribution in [2.75, 3.05) is 21.3 Å². The summed E-state index contributed by atoms with van der Waals surface area (Å²) in [4.78, 5) is 0. The van der Waals surface area contributed by atoms with Crippen LogP contribution in [0.5, 0.6) is 0 Å². The normalized spacial score (nSPS) is 6.33. The van der Waals surface area contributed by atoms with Crippen LogP contribution in [0.3, 0.4) is 0 Å². The van der Waals surface area contributed by atoms with E-state index in [0.29, 0.717) is 0 Å². The van der Waals surface area contributed by atoms with Gasteiger partial charge in [0, 0.05) is 43.0 Å². The largest absolute Gasteiger partial charge is 0.400 e. The standard InChI is InChI=1S/C8H11.3CH4O.Ti/c1-2-5-8-6-3-4-7-8;3*1-2;/h3-4,6-7H,2,5H2,1H3;3*2H,1H3;/q-1;;;;. The summed E-state index contributed by atoms with van der Waals surface area (Å²) in [5, 5.41) is 21.0. The number of aliphatic hydroxyl groups excluding tert-OH is 3. The van der Waals surface area contributed by atoms with Gasteiger partial charge in [0.05, 0.1) is 0 Å². The van der Waals surface area contributed by atoms with Crippen molar-refractivity contribution >= 4 is 0 Å². The van der Waals surface area contributed by atoms with Crippen LogP contribution in [0.25, 0.3) is 0 Å². The molecule has 0 radical (unpaired) electrons. The SMILES string of the molecule is CCC[c-]1cccc1.CO.CO.CO.[Ti]. The minimum atomic E-state index is 0. The third-order valence-corrected chi connectivity index (χ3v) is 1.27. The molecule has 0 atom stereocenters. The summed E-state index contributed by atoms with van der Waals surface area (Å²) in [6, 6.07) is 8.52. The van der Waals surface area contributed by atoms with Crippen LogP contribution in [0.4, 0.5) is 0 Å². The molecule has 4 heteroatoms. The number of rotatable bonds is 2. The Balaban J connectivity index is -0.0000000755. The maximum Gasteiger partial charge on any atom is 0.0319 e. The Morgan fingerprint density at radius 1 is 0.867 bits per heavy atom. The first kappa shape index (κ1) is 24.3. The number of aryl methyl sites for hydroxylation is 1. The molecule has 0 saturated heterocycles. The zero-order valence-electron chi connectivity index (χ0n) is 10.1. The molecule has 0 aliphatic rings. The predicted molar refractivity (Wildman–Crippen MR) is 60.5 cm³/mol. The van der Waals surface area contributed by atoms with Gasteiger partial charge in [-0.25, -0.2) is 12.1 Å². The van der Waals surface area contributed by atoms with E-state index in [1.54, 1.807) is 0 Å². The molecule has 1 aromatic rings. The molecule has 3 nitrogen and oxygen atoms in total. The van der Waals surface area contributed by atoms with Crippen molar-refractivity contribution in [1.82, 2.24) is 0 Å². The molecule has 0 aliphatic heterocycles. The first-order valence-corrected chi connectivity index (χ1v) is 4.48. The Morgan fingerprint density at radius 2 is 1.20 bits per heavy atom. The van der Waals surface area contributed by atoms with Gasteiger partial charge >= 0.3 is 0 Å². The second kappa shape index (κ2) is 29.2. The zero-order chi connectivity index (χ0) is 11.8. The Bertz CT molecular complexity index is 142. The summed E-state index contributed by atoms with van der Waals surface area (Å²) < 4.78 is 0. The molecular formula is C11H23O3Ti-. The van der Waals surface area contributed by atoms with Gasteiger partial charge in [-0.1, -0.05) is 19.8 Å². The van der Waals surface area contributed by atoms with Gasteiger partial charge in [-0.05, 0) is 0 Å². The van der Waals surface area contributed by atoms with E-state index in [-0.39, 0.29) is 21.7 Å². The number of hydrogen-bond donors (Lipinski definition) is 3. The number of hydrogen-bond acceptors (Lipinski definition) is 3. The molecule has 0 heterocycles. The second-order valence-electron chi connectivity index (χ2n) is 2.04. The third kappa shape index (κ3) is 20.1. The molecule has 15 heavy (non-hydrogen) atoms. The summed E-state index contributed by atoms with van der Waals surface area (Å²) in [7, 11) is 3.00. The summed E-state index contributed by atoms with van der Waals surface area (Å²) >= 11 is 0. The molecule has 0 aliphatic carbocycles. The average Bonchev–Trinajstić information content (AvgIpc) is 2.80. The van der Waals surface area contributed by atoms with E-state index in [2.05, 4.69) is 31.2 Å². The van der Waals surface area contributed by atoms with E-state index in [1.165, 1.54) is 18.4 Å². The average molecular weight is 251 g/mol. The van der Waals surface area contributed by atoms with Crippen molar-refractivity contribution < 1.29 is 37.0 Å². The van der Waals surface area contributed by atoms with Gasteiger partial charge in [-0.3, -0.25) is 0 Å². The molecule has 3 N–H and O–H groups in total. The van der Waals surface area contributed by atoms with E-state index in [4.69, 9.17) is 15.3 Å². The fourth-order valence-electron chi connectivity index (χ4n) is 0.869. The van der Waals surface area contributed by atoms with Crippen LogP contribution in [0.2, 0.25) is 0 Å². The van der Waals surface area contributed by atoms with Crippen molar-refractivity contribution in [3.05, 3.63) is 29.8 Å². The molecule has 0 spiro atoms. The summed E-state index contributed by atoms with van der Waals surface area (Å²) in [6.07, 6.45) is 2.48. The monoisotopic (exact) mass is 251 g/mol. The van der Waals surface area contributed by atoms with Crippen LogP contribution in [-0.4, -0.2) is 36.6 Å². The fourth-order valence-corrected chi connectivity index (χ4v) is 0.869. The van der Waals surface area contributed by atoms with Crippen molar-refractivity contribution in [2.24, 2.45) is 0 Å². The molecule has 0 unspecified atom stereocenters. The molecule has 0 saturated carbocycles. The summed E-state index contributed by atoms with van der Waals surface area (Å²) in [5.74, 6) is 0. The van der Waals surface area contributed by atoms with Crippen LogP contribution < -0.4 is 0 Å². The molecule has 0 fully saturated rings. The minimum Gasteiger partial charge on any atom is -0.400 e. The van der Waals surface area contributed by atoms with Gasteiger partial charge in [-0.2, -0.15) is 17.7 Å². The van der Waals surface area contributed by atoms with Crippen LogP contribution in [0.1, 0.15) is 18.9 Å². The zero-order valence-corrected chi connectivity index (χ0v) is 11.6. The van der Waals surface area contributed by atoms with E-state index in [9.17, 15) is 0 Å². The Morgan fingerprint density at radius 3 is 1.47 bits per heavy atom. The topological polar surface area (TPSA) is 60.7 Å². The number of aliphatic hydroxyl groups is 3. The maximum atomic E-state index is 7.00. The molecule has 1 rings (SSSR count). The van der Waals surface area contributed by atoms with Crippen LogP contribution >= 0.6 is 0 Å². The first-order valence-electron chi connectivity index (χ1n) is 4.48. The van der Waals surface area contributed by atoms with Crippen molar-refractivity contribution in [3.63, 3.8) is 0 Å². The quantitative estimate of drug-likeness (QED) is 0.546. The van der Waals surface area contributed by atoms with Gasteiger partial charge < -0.3 is 15.3 Å². The Labute approximate surface area is 108 Å². The van der Waals surface area contributed by atoms with Crippen LogP contribution in [0, 0.1) is 0 Å². The molecule has 1 aromatic carbocycles. The van der Waals surface area contributed by atoms with E-state index >= 15 is 0 Å². The summed E-state index contributed by atoms with van der Waals surface area (Å²) in [5.41, 5.74) is 1.47. The van der Waals surface area contributed by atoms with Crippen LogP contribution in [-0.2, 0) is 28.1 Å². The second-order valence-corrected chi connectivity index (χ2v) is 2.04. The van der Waals surface area contributed by atoms with Crippen molar-refractivity contribution in [2.45, 2.75) is 19.8 Å². The van der Waals surface area contributed by atoms with E-state index in [0.717, 1.165) is 21.3 Å². The predicted octanol–water partition coefficient (Wildman–Crippen LogP) is 1.18. The summed E-state index contributed by atoms with van der Waals surface area (Å²) in [6.45, 7) is 2.20. The third-order valence-electron chi connectivity index (χ3n) is 1.27. The van der Waals surface area contributed by atoms with Crippen molar-refractivity contribution in [3.8, 4) is 0 Å².